The number of hydrogen-bond acceptors (Lipinski definition) is 6. The minimum absolute atomic E-state index is 0.00939. The molecule has 0 bridgehead atoms. The second-order valence-corrected chi connectivity index (χ2v) is 9.70. The van der Waals surface area contributed by atoms with Gasteiger partial charge in [-0.15, -0.1) is 0 Å². The highest BCUT2D eigenvalue weighted by Crippen LogP contribution is 2.43. The number of methoxy groups -OCH3 is 1. The van der Waals surface area contributed by atoms with E-state index in [4.69, 9.17) is 9.47 Å². The van der Waals surface area contributed by atoms with Gasteiger partial charge in [-0.3, -0.25) is 4.79 Å². The summed E-state index contributed by atoms with van der Waals surface area (Å²) in [7, 11) is -2.04. The van der Waals surface area contributed by atoms with E-state index in [1.165, 1.54) is 20.1 Å². The first-order chi connectivity index (χ1) is 14.4. The fourth-order valence-electron chi connectivity index (χ4n) is 3.77. The van der Waals surface area contributed by atoms with E-state index in [1.807, 2.05) is 30.3 Å². The van der Waals surface area contributed by atoms with Gasteiger partial charge in [0.2, 0.25) is 0 Å². The van der Waals surface area contributed by atoms with Gasteiger partial charge >= 0.3 is 0 Å². The van der Waals surface area contributed by atoms with E-state index in [1.54, 1.807) is 6.07 Å². The molecule has 0 spiro atoms. The summed E-state index contributed by atoms with van der Waals surface area (Å²) in [5.74, 6) is 0.602. The van der Waals surface area contributed by atoms with Crippen molar-refractivity contribution in [1.82, 2.24) is 0 Å². The molecule has 7 heteroatoms. The second kappa shape index (κ2) is 9.51. The summed E-state index contributed by atoms with van der Waals surface area (Å²) in [5.41, 5.74) is 1.50. The number of nitrogens with zero attached hydrogens (tertiary/aromatic N) is 1. The number of fused-ring (bicyclic) bond motifs is 1. The van der Waals surface area contributed by atoms with Crippen LogP contribution in [0.5, 0.6) is 11.5 Å². The summed E-state index contributed by atoms with van der Waals surface area (Å²) in [6, 6.07) is 13.0. The lowest BCUT2D eigenvalue weighted by atomic mass is 10.0. The molecule has 2 aromatic rings. The van der Waals surface area contributed by atoms with E-state index >= 15 is 0 Å². The summed E-state index contributed by atoms with van der Waals surface area (Å²) in [5, 5.41) is 0. The molecule has 0 radical (unpaired) electrons. The number of hydrogen-bond donors (Lipinski definition) is 0. The number of sulfone groups is 1. The molecule has 0 N–H and O–H groups in total. The summed E-state index contributed by atoms with van der Waals surface area (Å²) in [6.45, 7) is 3.99. The molecule has 0 fully saturated rings. The van der Waals surface area contributed by atoms with Gasteiger partial charge in [0.1, 0.15) is 6.61 Å². The van der Waals surface area contributed by atoms with Gasteiger partial charge in [-0.25, -0.2) is 8.42 Å². The molecule has 162 valence electrons. The lowest BCUT2D eigenvalue weighted by molar-refractivity contribution is -0.118. The van der Waals surface area contributed by atoms with E-state index in [2.05, 4.69) is 11.8 Å². The van der Waals surface area contributed by atoms with Crippen molar-refractivity contribution in [3.8, 4) is 11.5 Å². The maximum atomic E-state index is 13.3. The van der Waals surface area contributed by atoms with Gasteiger partial charge in [-0.1, -0.05) is 38.0 Å². The van der Waals surface area contributed by atoms with Gasteiger partial charge in [0.15, 0.2) is 27.1 Å². The maximum Gasteiger partial charge on any atom is 0.180 e. The second-order valence-electron chi connectivity index (χ2n) is 7.70. The van der Waals surface area contributed by atoms with Crippen molar-refractivity contribution in [1.29, 1.82) is 0 Å². The van der Waals surface area contributed by atoms with Crippen molar-refractivity contribution in [2.75, 3.05) is 30.9 Å². The molecule has 30 heavy (non-hydrogen) atoms. The minimum atomic E-state index is -3.55. The molecule has 1 aliphatic heterocycles. The van der Waals surface area contributed by atoms with Crippen LogP contribution in [0.25, 0.3) is 0 Å². The van der Waals surface area contributed by atoms with Crippen molar-refractivity contribution in [3.63, 3.8) is 0 Å². The highest BCUT2D eigenvalue weighted by Gasteiger charge is 2.33. The number of rotatable bonds is 8. The van der Waals surface area contributed by atoms with Crippen LogP contribution in [0.1, 0.15) is 33.1 Å². The third-order valence-electron chi connectivity index (χ3n) is 5.23. The monoisotopic (exact) mass is 431 g/mol. The van der Waals surface area contributed by atoms with Gasteiger partial charge in [-0.05, 0) is 31.4 Å². The highest BCUT2D eigenvalue weighted by molar-refractivity contribution is 7.91. The van der Waals surface area contributed by atoms with Crippen molar-refractivity contribution in [3.05, 3.63) is 42.5 Å². The molecule has 0 amide bonds. The number of ketones is 1. The Bertz CT molecular complexity index is 988. The number of carbonyl (C=O) groups excluding carboxylic acids is 1. The Morgan fingerprint density at radius 1 is 1.17 bits per heavy atom. The predicted molar refractivity (Wildman–Crippen MR) is 118 cm³/mol. The first-order valence-corrected chi connectivity index (χ1v) is 11.9. The number of carbonyl (C=O) groups is 1. The first kappa shape index (κ1) is 22.2. The van der Waals surface area contributed by atoms with Crippen LogP contribution < -0.4 is 14.4 Å². The molecule has 1 aliphatic rings. The molecule has 1 unspecified atom stereocenters. The SMILES string of the molecule is CCCCC1CN(c2ccccc2)c2cc(OC)c(OCC(C)=O)cc2S(=O)(=O)C1. The Hall–Kier alpha value is -2.54. The van der Waals surface area contributed by atoms with E-state index in [-0.39, 0.29) is 34.7 Å². The van der Waals surface area contributed by atoms with Crippen LogP contribution in [0, 0.1) is 5.92 Å². The number of benzene rings is 2. The molecule has 0 aromatic heterocycles. The van der Waals surface area contributed by atoms with Gasteiger partial charge in [0, 0.05) is 24.4 Å². The molecule has 6 nitrogen and oxygen atoms in total. The van der Waals surface area contributed by atoms with E-state index < -0.39 is 9.84 Å². The van der Waals surface area contributed by atoms with Crippen LogP contribution >= 0.6 is 0 Å². The average molecular weight is 432 g/mol. The molecule has 0 aliphatic carbocycles. The summed E-state index contributed by atoms with van der Waals surface area (Å²) in [6.07, 6.45) is 2.85. The number of unbranched alkanes of at least 4 members (excludes halogenated alkanes) is 1. The third-order valence-corrected chi connectivity index (χ3v) is 7.14. The van der Waals surface area contributed by atoms with Gasteiger partial charge in [-0.2, -0.15) is 0 Å². The van der Waals surface area contributed by atoms with E-state index in [0.717, 1.165) is 24.9 Å². The topological polar surface area (TPSA) is 72.9 Å². The van der Waals surface area contributed by atoms with Crippen molar-refractivity contribution < 1.29 is 22.7 Å². The Morgan fingerprint density at radius 2 is 1.90 bits per heavy atom. The summed E-state index contributed by atoms with van der Waals surface area (Å²) < 4.78 is 37.7. The first-order valence-electron chi connectivity index (χ1n) is 10.2. The number of para-hydroxylation sites is 1. The van der Waals surface area contributed by atoms with Gasteiger partial charge < -0.3 is 14.4 Å². The third kappa shape index (κ3) is 4.95. The Kier molecular flexibility index (Phi) is 7.02. The summed E-state index contributed by atoms with van der Waals surface area (Å²) >= 11 is 0. The lowest BCUT2D eigenvalue weighted by Gasteiger charge is -2.28. The van der Waals surface area contributed by atoms with Crippen molar-refractivity contribution in [2.24, 2.45) is 5.92 Å². The molecule has 0 saturated heterocycles. The Balaban J connectivity index is 2.15. The van der Waals surface area contributed by atoms with E-state index in [0.29, 0.717) is 18.0 Å². The number of Topliss-reactive ketones (excluding diaryl/α,β-unsaturated/α-hetero) is 1. The molecule has 1 atom stereocenters. The number of anilines is 2. The Morgan fingerprint density at radius 3 is 2.53 bits per heavy atom. The Labute approximate surface area is 178 Å². The fraction of sp³-hybridized carbons (Fsp3) is 0.435. The van der Waals surface area contributed by atoms with Crippen LogP contribution in [0.15, 0.2) is 47.4 Å². The normalized spacial score (nSPS) is 17.7. The average Bonchev–Trinajstić information content (AvgIpc) is 2.84. The van der Waals surface area contributed by atoms with Crippen LogP contribution in [-0.2, 0) is 14.6 Å². The largest absolute Gasteiger partial charge is 0.493 e. The standard InChI is InChI=1S/C23H29NO5S/c1-4-5-9-18-14-24(19-10-7-6-8-11-19)20-12-21(28-3)22(29-15-17(2)25)13-23(20)30(26,27)16-18/h6-8,10-13,18H,4-5,9,14-16H2,1-3H3. The van der Waals surface area contributed by atoms with Gasteiger partial charge in [0.25, 0.3) is 0 Å². The molecule has 0 saturated carbocycles. The van der Waals surface area contributed by atoms with Crippen LogP contribution in [-0.4, -0.2) is 40.2 Å². The van der Waals surface area contributed by atoms with Gasteiger partial charge in [0.05, 0.1) is 23.4 Å². The minimum Gasteiger partial charge on any atom is -0.493 e. The predicted octanol–water partition coefficient (Wildman–Crippen LogP) is 4.39. The van der Waals surface area contributed by atoms with Crippen LogP contribution in [0.2, 0.25) is 0 Å². The van der Waals surface area contributed by atoms with Crippen molar-refractivity contribution in [2.45, 2.75) is 38.0 Å². The quantitative estimate of drug-likeness (QED) is 0.617. The lowest BCUT2D eigenvalue weighted by Crippen LogP contribution is -2.26. The van der Waals surface area contributed by atoms with Crippen molar-refractivity contribution >= 4 is 27.0 Å². The van der Waals surface area contributed by atoms with E-state index in [9.17, 15) is 13.2 Å². The molecule has 2 aromatic carbocycles. The zero-order chi connectivity index (χ0) is 21.7. The zero-order valence-electron chi connectivity index (χ0n) is 17.8. The zero-order valence-corrected chi connectivity index (χ0v) is 18.6. The molecule has 1 heterocycles. The summed E-state index contributed by atoms with van der Waals surface area (Å²) in [4.78, 5) is 13.6. The molecular formula is C23H29NO5S. The fourth-order valence-corrected chi connectivity index (χ4v) is 5.62. The van der Waals surface area contributed by atoms with Crippen LogP contribution in [0.3, 0.4) is 0 Å². The number of ether oxygens (including phenoxy) is 2. The van der Waals surface area contributed by atoms with Crippen LogP contribution in [0.4, 0.5) is 11.4 Å². The smallest absolute Gasteiger partial charge is 0.180 e. The highest BCUT2D eigenvalue weighted by atomic mass is 32.2. The molecular weight excluding hydrogens is 402 g/mol. The molecule has 3 rings (SSSR count). The maximum absolute atomic E-state index is 13.3.